The van der Waals surface area contributed by atoms with Crippen molar-refractivity contribution in [1.29, 1.82) is 0 Å². The summed E-state index contributed by atoms with van der Waals surface area (Å²) in [5.41, 5.74) is 0. The third-order valence-electron chi connectivity index (χ3n) is 2.98. The van der Waals surface area contributed by atoms with Crippen molar-refractivity contribution in [2.45, 2.75) is 33.4 Å². The highest BCUT2D eigenvalue weighted by atomic mass is 19.1. The summed E-state index contributed by atoms with van der Waals surface area (Å²) in [6.45, 7) is 9.07. The van der Waals surface area contributed by atoms with Gasteiger partial charge in [0.1, 0.15) is 6.17 Å². The largest absolute Gasteiger partial charge is 0.301 e. The van der Waals surface area contributed by atoms with Crippen molar-refractivity contribution in [1.82, 2.24) is 4.90 Å². The van der Waals surface area contributed by atoms with E-state index >= 15 is 0 Å². The molecule has 2 atom stereocenters. The highest BCUT2D eigenvalue weighted by molar-refractivity contribution is 4.81. The molecule has 1 nitrogen and oxygen atoms in total. The van der Waals surface area contributed by atoms with Crippen LogP contribution in [0.25, 0.3) is 0 Å². The molecule has 0 aromatic heterocycles. The lowest BCUT2D eigenvalue weighted by Crippen LogP contribution is -2.43. The van der Waals surface area contributed by atoms with E-state index in [2.05, 4.69) is 25.7 Å². The zero-order valence-electron chi connectivity index (χ0n) is 8.39. The van der Waals surface area contributed by atoms with Crippen LogP contribution in [0.2, 0.25) is 0 Å². The topological polar surface area (TPSA) is 3.24 Å². The Morgan fingerprint density at radius 3 is 2.58 bits per heavy atom. The lowest BCUT2D eigenvalue weighted by atomic mass is 9.85. The molecule has 1 saturated heterocycles. The zero-order valence-corrected chi connectivity index (χ0v) is 8.39. The first-order valence-electron chi connectivity index (χ1n) is 5.01. The van der Waals surface area contributed by atoms with E-state index in [0.29, 0.717) is 18.4 Å². The molecule has 0 aromatic carbocycles. The molecule has 1 aliphatic rings. The molecule has 12 heavy (non-hydrogen) atoms. The van der Waals surface area contributed by atoms with Crippen LogP contribution >= 0.6 is 0 Å². The fraction of sp³-hybridized carbons (Fsp3) is 1.00. The van der Waals surface area contributed by atoms with E-state index in [0.717, 1.165) is 19.5 Å². The van der Waals surface area contributed by atoms with Gasteiger partial charge in [-0.2, -0.15) is 0 Å². The molecule has 0 N–H and O–H groups in total. The standard InChI is InChI=1S/C10H20FN/c1-4-12-6-5-9(8(2)3)10(11)7-12/h8-10H,4-7H2,1-3H3/t9-,10+/m1/s1. The molecule has 0 aromatic rings. The van der Waals surface area contributed by atoms with Crippen LogP contribution in [0, 0.1) is 11.8 Å². The van der Waals surface area contributed by atoms with Gasteiger partial charge in [0.25, 0.3) is 0 Å². The van der Waals surface area contributed by atoms with Gasteiger partial charge in [0.2, 0.25) is 0 Å². The summed E-state index contributed by atoms with van der Waals surface area (Å²) >= 11 is 0. The predicted octanol–water partition coefficient (Wildman–Crippen LogP) is 2.32. The van der Waals surface area contributed by atoms with Crippen LogP contribution < -0.4 is 0 Å². The van der Waals surface area contributed by atoms with Crippen molar-refractivity contribution in [2.75, 3.05) is 19.6 Å². The first kappa shape index (κ1) is 9.97. The van der Waals surface area contributed by atoms with E-state index in [1.807, 2.05) is 0 Å². The molecule has 0 amide bonds. The molecule has 72 valence electrons. The van der Waals surface area contributed by atoms with Crippen LogP contribution in [0.1, 0.15) is 27.2 Å². The Morgan fingerprint density at radius 2 is 2.17 bits per heavy atom. The van der Waals surface area contributed by atoms with Gasteiger partial charge in [-0.1, -0.05) is 20.8 Å². The second kappa shape index (κ2) is 4.22. The Morgan fingerprint density at radius 1 is 1.50 bits per heavy atom. The molecule has 1 heterocycles. The van der Waals surface area contributed by atoms with Gasteiger partial charge in [-0.05, 0) is 31.3 Å². The minimum atomic E-state index is -0.598. The van der Waals surface area contributed by atoms with Crippen LogP contribution in [0.3, 0.4) is 0 Å². The van der Waals surface area contributed by atoms with Crippen molar-refractivity contribution in [2.24, 2.45) is 11.8 Å². The fourth-order valence-electron chi connectivity index (χ4n) is 2.02. The highest BCUT2D eigenvalue weighted by Crippen LogP contribution is 2.26. The molecule has 0 radical (unpaired) electrons. The number of nitrogens with zero attached hydrogens (tertiary/aromatic N) is 1. The van der Waals surface area contributed by atoms with E-state index < -0.39 is 6.17 Å². The van der Waals surface area contributed by atoms with Gasteiger partial charge in [0, 0.05) is 6.54 Å². The first-order valence-corrected chi connectivity index (χ1v) is 5.01. The minimum absolute atomic E-state index is 0.299. The summed E-state index contributed by atoms with van der Waals surface area (Å²) in [7, 11) is 0. The number of rotatable bonds is 2. The molecular formula is C10H20FN. The number of alkyl halides is 1. The summed E-state index contributed by atoms with van der Waals surface area (Å²) in [6.07, 6.45) is 0.436. The number of piperidine rings is 1. The van der Waals surface area contributed by atoms with Crippen molar-refractivity contribution < 1.29 is 4.39 Å². The summed E-state index contributed by atoms with van der Waals surface area (Å²) in [6, 6.07) is 0. The molecule has 0 spiro atoms. The predicted molar refractivity (Wildman–Crippen MR) is 50.0 cm³/mol. The van der Waals surface area contributed by atoms with Gasteiger partial charge in [-0.3, -0.25) is 0 Å². The Kier molecular flexibility index (Phi) is 3.51. The molecule has 1 aliphatic heterocycles. The highest BCUT2D eigenvalue weighted by Gasteiger charge is 2.30. The summed E-state index contributed by atoms with van der Waals surface area (Å²) in [4.78, 5) is 2.20. The zero-order chi connectivity index (χ0) is 9.14. The molecule has 0 unspecified atom stereocenters. The van der Waals surface area contributed by atoms with Crippen LogP contribution in [-0.4, -0.2) is 30.7 Å². The smallest absolute Gasteiger partial charge is 0.116 e. The second-order valence-corrected chi connectivity index (χ2v) is 4.11. The summed E-state index contributed by atoms with van der Waals surface area (Å²) in [5, 5.41) is 0. The van der Waals surface area contributed by atoms with Crippen molar-refractivity contribution in [3.8, 4) is 0 Å². The van der Waals surface area contributed by atoms with E-state index in [1.54, 1.807) is 0 Å². The third-order valence-corrected chi connectivity index (χ3v) is 2.98. The van der Waals surface area contributed by atoms with Crippen molar-refractivity contribution in [3.05, 3.63) is 0 Å². The fourth-order valence-corrected chi connectivity index (χ4v) is 2.02. The Bertz CT molecular complexity index is 136. The SMILES string of the molecule is CCN1CC[C@H](C(C)C)[C@@H](F)C1. The Balaban J connectivity index is 2.42. The molecule has 0 saturated carbocycles. The molecular weight excluding hydrogens is 153 g/mol. The first-order chi connectivity index (χ1) is 5.65. The van der Waals surface area contributed by atoms with Gasteiger partial charge in [-0.15, -0.1) is 0 Å². The van der Waals surface area contributed by atoms with E-state index in [4.69, 9.17) is 0 Å². The maximum atomic E-state index is 13.5. The number of hydrogen-bond donors (Lipinski definition) is 0. The normalized spacial score (nSPS) is 32.8. The van der Waals surface area contributed by atoms with Gasteiger partial charge < -0.3 is 4.90 Å². The van der Waals surface area contributed by atoms with Crippen molar-refractivity contribution in [3.63, 3.8) is 0 Å². The van der Waals surface area contributed by atoms with E-state index in [1.165, 1.54) is 0 Å². The number of halogens is 1. The minimum Gasteiger partial charge on any atom is -0.301 e. The average Bonchev–Trinajstić information content (AvgIpc) is 2.03. The van der Waals surface area contributed by atoms with Crippen LogP contribution in [-0.2, 0) is 0 Å². The molecule has 1 rings (SSSR count). The molecule has 1 fully saturated rings. The van der Waals surface area contributed by atoms with Gasteiger partial charge in [0.05, 0.1) is 0 Å². The van der Waals surface area contributed by atoms with Crippen LogP contribution in [0.15, 0.2) is 0 Å². The Hall–Kier alpha value is -0.110. The molecule has 0 bridgehead atoms. The quantitative estimate of drug-likeness (QED) is 0.619. The Labute approximate surface area is 74.9 Å². The number of likely N-dealkylation sites (tertiary alicyclic amines) is 1. The monoisotopic (exact) mass is 173 g/mol. The average molecular weight is 173 g/mol. The third kappa shape index (κ3) is 2.19. The lowest BCUT2D eigenvalue weighted by Gasteiger charge is -2.35. The maximum Gasteiger partial charge on any atom is 0.116 e. The van der Waals surface area contributed by atoms with Gasteiger partial charge in [0.15, 0.2) is 0 Å². The van der Waals surface area contributed by atoms with Crippen LogP contribution in [0.4, 0.5) is 4.39 Å². The summed E-state index contributed by atoms with van der Waals surface area (Å²) in [5.74, 6) is 0.798. The van der Waals surface area contributed by atoms with Gasteiger partial charge in [-0.25, -0.2) is 4.39 Å². The lowest BCUT2D eigenvalue weighted by molar-refractivity contribution is 0.0645. The van der Waals surface area contributed by atoms with Crippen molar-refractivity contribution >= 4 is 0 Å². The van der Waals surface area contributed by atoms with Crippen LogP contribution in [0.5, 0.6) is 0 Å². The maximum absolute atomic E-state index is 13.5. The van der Waals surface area contributed by atoms with E-state index in [9.17, 15) is 4.39 Å². The second-order valence-electron chi connectivity index (χ2n) is 4.11. The molecule has 0 aliphatic carbocycles. The summed E-state index contributed by atoms with van der Waals surface area (Å²) < 4.78 is 13.5. The number of hydrogen-bond acceptors (Lipinski definition) is 1. The molecule has 2 heteroatoms. The van der Waals surface area contributed by atoms with E-state index in [-0.39, 0.29) is 0 Å². The van der Waals surface area contributed by atoms with Gasteiger partial charge >= 0.3 is 0 Å².